The highest BCUT2D eigenvalue weighted by molar-refractivity contribution is 8.13. The maximum atomic E-state index is 13.7. The number of aromatic amines is 1. The van der Waals surface area contributed by atoms with Gasteiger partial charge in [-0.1, -0.05) is 39.1 Å². The van der Waals surface area contributed by atoms with E-state index in [1.165, 1.54) is 6.92 Å². The minimum atomic E-state index is -4.27. The third-order valence-corrected chi connectivity index (χ3v) is 8.50. The number of aliphatic hydroxyl groups is 2. The number of ether oxygens (including phenoxy) is 2. The van der Waals surface area contributed by atoms with E-state index in [-0.39, 0.29) is 17.5 Å². The van der Waals surface area contributed by atoms with E-state index in [1.54, 1.807) is 34.6 Å². The minimum absolute atomic E-state index is 0.102. The van der Waals surface area contributed by atoms with Crippen LogP contribution in [0.2, 0.25) is 0 Å². The SMILES string of the molecule is C=C(O)[C@H]1[C@@H](O)[C@H](n2ccc(=O)[nH]c2=O)O[C@@H]1CO[P@](=O)(N[C@@H](C)C(=O)OC(C)C)OCCSC(=O)C(C)(C)C. The van der Waals surface area contributed by atoms with Crippen molar-refractivity contribution in [1.82, 2.24) is 14.6 Å². The molecule has 14 nitrogen and oxygen atoms in total. The summed E-state index contributed by atoms with van der Waals surface area (Å²) in [7, 11) is -4.27. The monoisotopic (exact) mass is 607 g/mol. The zero-order valence-corrected chi connectivity index (χ0v) is 25.0. The van der Waals surface area contributed by atoms with Gasteiger partial charge >= 0.3 is 19.4 Å². The topological polar surface area (TPSA) is 195 Å². The van der Waals surface area contributed by atoms with E-state index < -0.39 is 79.2 Å². The van der Waals surface area contributed by atoms with Gasteiger partial charge in [0, 0.05) is 23.4 Å². The molecule has 1 fully saturated rings. The van der Waals surface area contributed by atoms with E-state index in [0.29, 0.717) is 0 Å². The molecule has 1 aromatic rings. The summed E-state index contributed by atoms with van der Waals surface area (Å²) in [5, 5.41) is 23.3. The lowest BCUT2D eigenvalue weighted by Gasteiger charge is -2.25. The van der Waals surface area contributed by atoms with Gasteiger partial charge in [-0.15, -0.1) is 0 Å². The molecule has 1 aromatic heterocycles. The van der Waals surface area contributed by atoms with E-state index in [4.69, 9.17) is 18.5 Å². The lowest BCUT2D eigenvalue weighted by Crippen LogP contribution is -2.37. The smallest absolute Gasteiger partial charge is 0.406 e. The van der Waals surface area contributed by atoms with Crippen molar-refractivity contribution in [2.75, 3.05) is 19.0 Å². The molecule has 0 spiro atoms. The average molecular weight is 608 g/mol. The molecule has 6 atom stereocenters. The molecule has 0 aliphatic carbocycles. The summed E-state index contributed by atoms with van der Waals surface area (Å²) >= 11 is 0.986. The maximum Gasteiger partial charge on any atom is 0.406 e. The normalized spacial score (nSPS) is 23.5. The number of esters is 1. The predicted octanol–water partition coefficient (Wildman–Crippen LogP) is 1.86. The fraction of sp³-hybridized carbons (Fsp3) is 0.667. The predicted molar refractivity (Wildman–Crippen MR) is 147 cm³/mol. The van der Waals surface area contributed by atoms with Crippen molar-refractivity contribution in [2.45, 2.75) is 72.1 Å². The number of nitrogens with one attached hydrogen (secondary N) is 2. The van der Waals surface area contributed by atoms with Gasteiger partial charge < -0.3 is 19.7 Å². The number of carbonyl (C=O) groups excluding carboxylic acids is 2. The van der Waals surface area contributed by atoms with Crippen LogP contribution in [0, 0.1) is 11.3 Å². The molecule has 0 radical (unpaired) electrons. The molecule has 40 heavy (non-hydrogen) atoms. The van der Waals surface area contributed by atoms with Crippen molar-refractivity contribution in [3.8, 4) is 0 Å². The molecule has 226 valence electrons. The highest BCUT2D eigenvalue weighted by Gasteiger charge is 2.48. The molecule has 2 rings (SSSR count). The van der Waals surface area contributed by atoms with Crippen molar-refractivity contribution in [2.24, 2.45) is 11.3 Å². The highest BCUT2D eigenvalue weighted by atomic mass is 32.2. The number of rotatable bonds is 13. The molecule has 1 aliphatic heterocycles. The summed E-state index contributed by atoms with van der Waals surface area (Å²) in [6.07, 6.45) is -3.34. The van der Waals surface area contributed by atoms with Crippen LogP contribution >= 0.6 is 19.5 Å². The number of thioether (sulfide) groups is 1. The van der Waals surface area contributed by atoms with Crippen molar-refractivity contribution < 1.29 is 42.9 Å². The van der Waals surface area contributed by atoms with E-state index in [0.717, 1.165) is 28.6 Å². The number of aliphatic hydroxyl groups excluding tert-OH is 2. The van der Waals surface area contributed by atoms with Crippen LogP contribution in [0.25, 0.3) is 0 Å². The highest BCUT2D eigenvalue weighted by Crippen LogP contribution is 2.46. The van der Waals surface area contributed by atoms with Gasteiger partial charge in [0.05, 0.1) is 37.1 Å². The average Bonchev–Trinajstić information content (AvgIpc) is 3.15. The summed E-state index contributed by atoms with van der Waals surface area (Å²) in [5.41, 5.74) is -2.12. The number of hydrogen-bond donors (Lipinski definition) is 4. The third kappa shape index (κ3) is 9.40. The first kappa shape index (κ1) is 33.9. The van der Waals surface area contributed by atoms with E-state index in [1.807, 2.05) is 4.98 Å². The Morgan fingerprint density at radius 3 is 2.48 bits per heavy atom. The molecule has 1 aliphatic rings. The molecule has 0 saturated carbocycles. The molecular weight excluding hydrogens is 569 g/mol. The lowest BCUT2D eigenvalue weighted by atomic mass is 9.97. The lowest BCUT2D eigenvalue weighted by molar-refractivity contribution is -0.149. The Hall–Kier alpha value is -2.26. The number of hydrogen-bond acceptors (Lipinski definition) is 12. The Morgan fingerprint density at radius 1 is 1.27 bits per heavy atom. The van der Waals surface area contributed by atoms with Crippen LogP contribution in [-0.2, 0) is 32.7 Å². The fourth-order valence-corrected chi connectivity index (χ4v) is 5.96. The van der Waals surface area contributed by atoms with Gasteiger partial charge in [-0.3, -0.25) is 33.0 Å². The van der Waals surface area contributed by atoms with Gasteiger partial charge in [-0.05, 0) is 20.8 Å². The van der Waals surface area contributed by atoms with Gasteiger partial charge in [0.15, 0.2) is 11.3 Å². The summed E-state index contributed by atoms with van der Waals surface area (Å²) in [5.74, 6) is -2.25. The fourth-order valence-electron chi connectivity index (χ4n) is 3.57. The second-order valence-electron chi connectivity index (χ2n) is 10.4. The molecule has 4 N–H and O–H groups in total. The van der Waals surface area contributed by atoms with Crippen molar-refractivity contribution >= 4 is 30.6 Å². The van der Waals surface area contributed by atoms with Gasteiger partial charge in [-0.25, -0.2) is 14.4 Å². The number of nitrogens with zero attached hydrogens (tertiary/aromatic N) is 1. The summed E-state index contributed by atoms with van der Waals surface area (Å²) < 4.78 is 36.5. The second kappa shape index (κ2) is 14.1. The standard InChI is InChI=1S/C24H38N3O11PS/c1-13(2)37-21(31)14(3)26-39(34,35-10-11-40-22(32)24(5,6)7)36-12-16-18(15(4)28)19(30)20(38-16)27-9-8-17(29)25-23(27)33/h8-9,13-14,16,18-20,28,30H,4,10-12H2,1-3,5-7H3,(H,26,34)(H,25,29,33)/t14-,16+,18+,19+,20+,39-/m0/s1. The van der Waals surface area contributed by atoms with Crippen LogP contribution in [0.1, 0.15) is 47.8 Å². The van der Waals surface area contributed by atoms with E-state index >= 15 is 0 Å². The molecule has 0 unspecified atom stereocenters. The van der Waals surface area contributed by atoms with Crippen LogP contribution in [0.4, 0.5) is 0 Å². The molecule has 0 bridgehead atoms. The van der Waals surface area contributed by atoms with Crippen molar-refractivity contribution in [3.63, 3.8) is 0 Å². The van der Waals surface area contributed by atoms with Crippen molar-refractivity contribution in [1.29, 1.82) is 0 Å². The zero-order valence-electron chi connectivity index (χ0n) is 23.3. The van der Waals surface area contributed by atoms with E-state index in [9.17, 15) is 34.0 Å². The molecule has 0 amide bonds. The van der Waals surface area contributed by atoms with Gasteiger partial charge in [0.2, 0.25) is 0 Å². The van der Waals surface area contributed by atoms with Gasteiger partial charge in [-0.2, -0.15) is 0 Å². The Bertz CT molecular complexity index is 1230. The first-order valence-corrected chi connectivity index (χ1v) is 15.1. The molecular formula is C24H38N3O11PS. The summed E-state index contributed by atoms with van der Waals surface area (Å²) in [6.45, 7) is 12.7. The van der Waals surface area contributed by atoms with Gasteiger partial charge in [0.1, 0.15) is 12.1 Å². The third-order valence-electron chi connectivity index (χ3n) is 5.54. The van der Waals surface area contributed by atoms with Crippen LogP contribution in [0.5, 0.6) is 0 Å². The van der Waals surface area contributed by atoms with Crippen LogP contribution in [0.3, 0.4) is 0 Å². The van der Waals surface area contributed by atoms with Crippen LogP contribution < -0.4 is 16.3 Å². The summed E-state index contributed by atoms with van der Waals surface area (Å²) in [6, 6.07) is -0.0703. The maximum absolute atomic E-state index is 13.7. The number of aromatic nitrogens is 2. The Labute approximate surface area is 236 Å². The van der Waals surface area contributed by atoms with E-state index in [2.05, 4.69) is 11.7 Å². The Kier molecular flexibility index (Phi) is 11.9. The molecule has 1 saturated heterocycles. The quantitative estimate of drug-likeness (QED) is 0.110. The minimum Gasteiger partial charge on any atom is -0.512 e. The number of carbonyl (C=O) groups is 2. The van der Waals surface area contributed by atoms with Crippen LogP contribution in [-0.4, -0.2) is 74.2 Å². The molecule has 0 aromatic carbocycles. The Balaban J connectivity index is 2.21. The first-order valence-electron chi connectivity index (χ1n) is 12.5. The Morgan fingerprint density at radius 2 is 1.93 bits per heavy atom. The largest absolute Gasteiger partial charge is 0.512 e. The zero-order chi connectivity index (χ0) is 30.4. The second-order valence-corrected chi connectivity index (χ2v) is 13.3. The van der Waals surface area contributed by atoms with Gasteiger partial charge in [0.25, 0.3) is 5.56 Å². The van der Waals surface area contributed by atoms with Crippen molar-refractivity contribution in [3.05, 3.63) is 45.4 Å². The number of H-pyrrole nitrogens is 1. The van der Waals surface area contributed by atoms with Crippen LogP contribution in [0.15, 0.2) is 34.2 Å². The first-order chi connectivity index (χ1) is 18.4. The molecule has 16 heteroatoms. The molecule has 2 heterocycles. The summed E-state index contributed by atoms with van der Waals surface area (Å²) in [4.78, 5) is 50.2.